The summed E-state index contributed by atoms with van der Waals surface area (Å²) in [6, 6.07) is 4.73. The highest BCUT2D eigenvalue weighted by Gasteiger charge is 2.48. The molecule has 0 unspecified atom stereocenters. The van der Waals surface area contributed by atoms with Gasteiger partial charge in [-0.25, -0.2) is 4.79 Å². The van der Waals surface area contributed by atoms with Crippen LogP contribution in [0, 0.1) is 10.1 Å². The van der Waals surface area contributed by atoms with Gasteiger partial charge in [0.25, 0.3) is 5.69 Å². The molecule has 2 rings (SSSR count). The lowest BCUT2D eigenvalue weighted by atomic mass is 9.99. The Bertz CT molecular complexity index is 560. The van der Waals surface area contributed by atoms with E-state index in [4.69, 9.17) is 14.6 Å². The molecule has 4 N–H and O–H groups in total. The predicted octanol–water partition coefficient (Wildman–Crippen LogP) is -1.13. The van der Waals surface area contributed by atoms with E-state index in [0.717, 1.165) is 12.1 Å². The second-order valence-corrected chi connectivity index (χ2v) is 4.60. The third-order valence-electron chi connectivity index (χ3n) is 3.11. The molecule has 1 aromatic rings. The van der Waals surface area contributed by atoms with Gasteiger partial charge in [-0.05, 0) is 12.1 Å². The third kappa shape index (κ3) is 3.14. The number of nitro benzene ring substituents is 1. The average Bonchev–Trinajstić information content (AvgIpc) is 2.48. The Morgan fingerprint density at radius 1 is 1.14 bits per heavy atom. The molecule has 10 nitrogen and oxygen atoms in total. The maximum absolute atomic E-state index is 10.9. The molecule has 1 saturated heterocycles. The van der Waals surface area contributed by atoms with Gasteiger partial charge in [-0.3, -0.25) is 10.1 Å². The van der Waals surface area contributed by atoms with Crippen LogP contribution in [0.3, 0.4) is 0 Å². The van der Waals surface area contributed by atoms with Crippen LogP contribution in [-0.4, -0.2) is 62.0 Å². The highest BCUT2D eigenvalue weighted by Crippen LogP contribution is 2.25. The van der Waals surface area contributed by atoms with Crippen molar-refractivity contribution in [2.45, 2.75) is 30.7 Å². The van der Waals surface area contributed by atoms with Gasteiger partial charge >= 0.3 is 5.97 Å². The summed E-state index contributed by atoms with van der Waals surface area (Å²) >= 11 is 0. The van der Waals surface area contributed by atoms with Gasteiger partial charge in [-0.2, -0.15) is 0 Å². The van der Waals surface area contributed by atoms with Crippen molar-refractivity contribution in [2.24, 2.45) is 0 Å². The smallest absolute Gasteiger partial charge is 0.335 e. The van der Waals surface area contributed by atoms with Crippen LogP contribution < -0.4 is 4.74 Å². The van der Waals surface area contributed by atoms with Crippen molar-refractivity contribution in [1.82, 2.24) is 0 Å². The van der Waals surface area contributed by atoms with Crippen molar-refractivity contribution >= 4 is 11.7 Å². The van der Waals surface area contributed by atoms with Crippen molar-refractivity contribution < 1.29 is 39.6 Å². The molecule has 5 atom stereocenters. The van der Waals surface area contributed by atoms with Gasteiger partial charge in [0.2, 0.25) is 6.29 Å². The van der Waals surface area contributed by atoms with E-state index < -0.39 is 41.6 Å². The third-order valence-corrected chi connectivity index (χ3v) is 3.11. The molecule has 10 heteroatoms. The molecule has 0 radical (unpaired) electrons. The number of aliphatic hydroxyl groups excluding tert-OH is 3. The summed E-state index contributed by atoms with van der Waals surface area (Å²) in [5.41, 5.74) is -0.184. The molecule has 0 aliphatic carbocycles. The average molecular weight is 315 g/mol. The molecule has 0 saturated carbocycles. The maximum atomic E-state index is 10.9. The summed E-state index contributed by atoms with van der Waals surface area (Å²) in [6.07, 6.45) is -8.62. The summed E-state index contributed by atoms with van der Waals surface area (Å²) in [5.74, 6) is -1.47. The van der Waals surface area contributed by atoms with Crippen molar-refractivity contribution in [3.05, 3.63) is 34.4 Å². The molecule has 1 aromatic carbocycles. The van der Waals surface area contributed by atoms with Gasteiger partial charge in [0.1, 0.15) is 24.1 Å². The number of hydrogen-bond acceptors (Lipinski definition) is 8. The maximum Gasteiger partial charge on any atom is 0.335 e. The Kier molecular flexibility index (Phi) is 4.56. The highest BCUT2D eigenvalue weighted by atomic mass is 16.7. The minimum absolute atomic E-state index is 0.0578. The van der Waals surface area contributed by atoms with Crippen LogP contribution >= 0.6 is 0 Å². The predicted molar refractivity (Wildman–Crippen MR) is 68.0 cm³/mol. The van der Waals surface area contributed by atoms with Gasteiger partial charge in [0, 0.05) is 12.1 Å². The van der Waals surface area contributed by atoms with E-state index in [1.807, 2.05) is 0 Å². The Morgan fingerprint density at radius 2 is 1.73 bits per heavy atom. The standard InChI is InChI=1S/C12H13NO9/c14-7-8(15)10(11(17)18)22-12(9(7)16)21-6-3-1-5(2-4-6)13(19)20/h1-4,7-10,12,14-16H,(H,17,18)/t7-,8-,9-,10+,12+/m0/s1. The summed E-state index contributed by atoms with van der Waals surface area (Å²) in [6.45, 7) is 0. The molecule has 120 valence electrons. The number of hydrogen-bond donors (Lipinski definition) is 4. The van der Waals surface area contributed by atoms with Gasteiger partial charge in [0.05, 0.1) is 4.92 Å². The van der Waals surface area contributed by atoms with Crippen LogP contribution in [0.5, 0.6) is 5.75 Å². The van der Waals surface area contributed by atoms with Crippen LogP contribution in [0.15, 0.2) is 24.3 Å². The van der Waals surface area contributed by atoms with E-state index in [0.29, 0.717) is 0 Å². The summed E-state index contributed by atoms with van der Waals surface area (Å²) < 4.78 is 10.1. The number of nitro groups is 1. The largest absolute Gasteiger partial charge is 0.479 e. The molecule has 1 heterocycles. The number of carboxylic acid groups (broad SMARTS) is 1. The minimum Gasteiger partial charge on any atom is -0.479 e. The Labute approximate surface area is 123 Å². The molecule has 0 amide bonds. The first-order valence-corrected chi connectivity index (χ1v) is 6.15. The van der Waals surface area contributed by atoms with Crippen molar-refractivity contribution in [3.63, 3.8) is 0 Å². The monoisotopic (exact) mass is 315 g/mol. The van der Waals surface area contributed by atoms with Crippen LogP contribution in [0.25, 0.3) is 0 Å². The zero-order chi connectivity index (χ0) is 16.4. The second-order valence-electron chi connectivity index (χ2n) is 4.60. The molecule has 1 fully saturated rings. The van der Waals surface area contributed by atoms with Gasteiger partial charge in [-0.1, -0.05) is 0 Å². The number of benzene rings is 1. The molecule has 22 heavy (non-hydrogen) atoms. The van der Waals surface area contributed by atoms with Crippen molar-refractivity contribution in [2.75, 3.05) is 0 Å². The topological polar surface area (TPSA) is 160 Å². The molecular weight excluding hydrogens is 302 g/mol. The van der Waals surface area contributed by atoms with E-state index in [9.17, 15) is 30.2 Å². The highest BCUT2D eigenvalue weighted by molar-refractivity contribution is 5.73. The normalized spacial score (nSPS) is 31.5. The fourth-order valence-corrected chi connectivity index (χ4v) is 1.93. The Morgan fingerprint density at radius 3 is 2.23 bits per heavy atom. The first kappa shape index (κ1) is 16.1. The Hall–Kier alpha value is -2.27. The lowest BCUT2D eigenvalue weighted by molar-refractivity contribution is -0.384. The molecule has 1 aliphatic heterocycles. The number of non-ortho nitro benzene ring substituents is 1. The number of aliphatic carboxylic acids is 1. The number of nitrogens with zero attached hydrogens (tertiary/aromatic N) is 1. The summed E-state index contributed by atoms with van der Waals surface area (Å²) in [4.78, 5) is 20.8. The van der Waals surface area contributed by atoms with E-state index in [1.165, 1.54) is 12.1 Å². The number of carbonyl (C=O) groups is 1. The van der Waals surface area contributed by atoms with E-state index in [-0.39, 0.29) is 11.4 Å². The second kappa shape index (κ2) is 6.23. The first-order valence-electron chi connectivity index (χ1n) is 6.15. The van der Waals surface area contributed by atoms with Crippen LogP contribution in [0.2, 0.25) is 0 Å². The fraction of sp³-hybridized carbons (Fsp3) is 0.417. The van der Waals surface area contributed by atoms with E-state index in [2.05, 4.69) is 0 Å². The van der Waals surface area contributed by atoms with E-state index in [1.54, 1.807) is 0 Å². The van der Waals surface area contributed by atoms with E-state index >= 15 is 0 Å². The van der Waals surface area contributed by atoms with Crippen molar-refractivity contribution in [3.8, 4) is 5.75 Å². The lowest BCUT2D eigenvalue weighted by Gasteiger charge is -2.38. The Balaban J connectivity index is 2.13. The molecule has 0 aromatic heterocycles. The fourth-order valence-electron chi connectivity index (χ4n) is 1.93. The number of carboxylic acids is 1. The van der Waals surface area contributed by atoms with Gasteiger partial charge in [-0.15, -0.1) is 0 Å². The van der Waals surface area contributed by atoms with Crippen LogP contribution in [-0.2, 0) is 9.53 Å². The molecular formula is C12H13NO9. The first-order chi connectivity index (χ1) is 10.3. The SMILES string of the molecule is O=C(O)[C@@H]1O[C@@H](Oc2ccc([N+](=O)[O-])cc2)[C@@H](O)[C@@H](O)[C@@H]1O. The lowest BCUT2D eigenvalue weighted by Crippen LogP contribution is -2.61. The number of aliphatic hydroxyl groups is 3. The summed E-state index contributed by atoms with van der Waals surface area (Å²) in [5, 5.41) is 48.3. The van der Waals surface area contributed by atoms with Gasteiger partial charge in [0.15, 0.2) is 6.10 Å². The quantitative estimate of drug-likeness (QED) is 0.398. The number of ether oxygens (including phenoxy) is 2. The zero-order valence-corrected chi connectivity index (χ0v) is 11.0. The molecule has 1 aliphatic rings. The van der Waals surface area contributed by atoms with Gasteiger partial charge < -0.3 is 29.9 Å². The molecule has 0 bridgehead atoms. The summed E-state index contributed by atoms with van der Waals surface area (Å²) in [7, 11) is 0. The van der Waals surface area contributed by atoms with Crippen LogP contribution in [0.1, 0.15) is 0 Å². The zero-order valence-electron chi connectivity index (χ0n) is 11.0. The van der Waals surface area contributed by atoms with Crippen LogP contribution in [0.4, 0.5) is 5.69 Å². The minimum atomic E-state index is -1.82. The number of rotatable bonds is 4. The molecule has 0 spiro atoms. The van der Waals surface area contributed by atoms with Crippen molar-refractivity contribution in [1.29, 1.82) is 0 Å².